The van der Waals surface area contributed by atoms with Gasteiger partial charge in [0.2, 0.25) is 0 Å². The van der Waals surface area contributed by atoms with E-state index < -0.39 is 4.92 Å². The molecular formula is C14H6Br2ClN3O2S. The minimum atomic E-state index is -0.443. The van der Waals surface area contributed by atoms with Crippen molar-refractivity contribution in [1.82, 2.24) is 10.2 Å². The average molecular weight is 476 g/mol. The zero-order chi connectivity index (χ0) is 16.6. The maximum atomic E-state index is 10.9. The number of nitro groups is 1. The lowest BCUT2D eigenvalue weighted by Crippen LogP contribution is -1.92. The number of halogens is 3. The fraction of sp³-hybridized carbons (Fsp3) is 0. The van der Waals surface area contributed by atoms with Crippen molar-refractivity contribution in [2.75, 3.05) is 0 Å². The Bertz CT molecular complexity index is 916. The Balaban J connectivity index is 2.10. The van der Waals surface area contributed by atoms with E-state index in [0.29, 0.717) is 19.1 Å². The van der Waals surface area contributed by atoms with E-state index in [9.17, 15) is 10.1 Å². The first-order valence-corrected chi connectivity index (χ1v) is 8.97. The lowest BCUT2D eigenvalue weighted by molar-refractivity contribution is -0.385. The Labute approximate surface area is 156 Å². The number of fused-ring (bicyclic) bond motifs is 1. The highest BCUT2D eigenvalue weighted by molar-refractivity contribution is 9.11. The van der Waals surface area contributed by atoms with Gasteiger partial charge in [-0.05, 0) is 31.9 Å². The second-order valence-electron chi connectivity index (χ2n) is 4.44. The molecule has 0 aliphatic rings. The van der Waals surface area contributed by atoms with Crippen LogP contribution in [0.15, 0.2) is 55.3 Å². The van der Waals surface area contributed by atoms with Crippen LogP contribution >= 0.6 is 55.2 Å². The molecule has 1 heterocycles. The fourth-order valence-corrected chi connectivity index (χ4v) is 4.69. The third kappa shape index (κ3) is 3.35. The highest BCUT2D eigenvalue weighted by Crippen LogP contribution is 2.42. The molecule has 116 valence electrons. The molecule has 3 rings (SSSR count). The second-order valence-corrected chi connectivity index (χ2v) is 7.51. The van der Waals surface area contributed by atoms with E-state index >= 15 is 0 Å². The SMILES string of the molecule is O=[N+]([O-])c1cc(Br)c(Sc2nnc(Cl)c3ccccc23)c(Br)c1. The predicted molar refractivity (Wildman–Crippen MR) is 97.2 cm³/mol. The van der Waals surface area contributed by atoms with E-state index in [1.165, 1.54) is 23.9 Å². The molecule has 0 unspecified atom stereocenters. The molecular weight excluding hydrogens is 470 g/mol. The smallest absolute Gasteiger partial charge is 0.258 e. The molecule has 9 heteroatoms. The first kappa shape index (κ1) is 16.6. The number of benzene rings is 2. The largest absolute Gasteiger partial charge is 0.271 e. The second kappa shape index (κ2) is 6.72. The van der Waals surface area contributed by atoms with Crippen LogP contribution in [0.25, 0.3) is 10.8 Å². The molecule has 0 saturated heterocycles. The van der Waals surface area contributed by atoms with Crippen molar-refractivity contribution in [2.24, 2.45) is 0 Å². The summed E-state index contributed by atoms with van der Waals surface area (Å²) >= 11 is 14.2. The molecule has 2 aromatic carbocycles. The third-order valence-corrected chi connectivity index (χ3v) is 6.19. The summed E-state index contributed by atoms with van der Waals surface area (Å²) in [6.07, 6.45) is 0. The number of hydrogen-bond acceptors (Lipinski definition) is 5. The summed E-state index contributed by atoms with van der Waals surface area (Å²) in [4.78, 5) is 11.2. The quantitative estimate of drug-likeness (QED) is 0.350. The number of nitro benzene ring substituents is 1. The summed E-state index contributed by atoms with van der Waals surface area (Å²) in [5, 5.41) is 21.7. The Hall–Kier alpha value is -1.22. The molecule has 0 N–H and O–H groups in total. The number of rotatable bonds is 3. The number of aromatic nitrogens is 2. The van der Waals surface area contributed by atoms with Crippen LogP contribution in [0.3, 0.4) is 0 Å². The molecule has 3 aromatic rings. The van der Waals surface area contributed by atoms with Crippen LogP contribution in [-0.2, 0) is 0 Å². The highest BCUT2D eigenvalue weighted by atomic mass is 79.9. The minimum absolute atomic E-state index is 0.000137. The zero-order valence-electron chi connectivity index (χ0n) is 11.2. The van der Waals surface area contributed by atoms with Crippen LogP contribution in [0, 0.1) is 10.1 Å². The number of non-ortho nitro benzene ring substituents is 1. The summed E-state index contributed by atoms with van der Waals surface area (Å²) in [6, 6.07) is 10.5. The molecule has 0 aliphatic carbocycles. The van der Waals surface area contributed by atoms with E-state index in [4.69, 9.17) is 11.6 Å². The van der Waals surface area contributed by atoms with Gasteiger partial charge in [0.05, 0.1) is 4.92 Å². The maximum absolute atomic E-state index is 10.9. The minimum Gasteiger partial charge on any atom is -0.258 e. The highest BCUT2D eigenvalue weighted by Gasteiger charge is 2.17. The van der Waals surface area contributed by atoms with Gasteiger partial charge < -0.3 is 0 Å². The molecule has 1 aromatic heterocycles. The summed E-state index contributed by atoms with van der Waals surface area (Å²) in [5.41, 5.74) is 0.000137. The Morgan fingerprint density at radius 3 is 2.30 bits per heavy atom. The number of hydrogen-bond donors (Lipinski definition) is 0. The Morgan fingerprint density at radius 1 is 1.09 bits per heavy atom. The van der Waals surface area contributed by atoms with E-state index in [-0.39, 0.29) is 5.69 Å². The van der Waals surface area contributed by atoms with Gasteiger partial charge in [-0.25, -0.2) is 0 Å². The first-order chi connectivity index (χ1) is 11.0. The molecule has 0 radical (unpaired) electrons. The van der Waals surface area contributed by atoms with Gasteiger partial charge in [-0.15, -0.1) is 10.2 Å². The van der Waals surface area contributed by atoms with Gasteiger partial charge >= 0.3 is 0 Å². The van der Waals surface area contributed by atoms with Crippen LogP contribution < -0.4 is 0 Å². The van der Waals surface area contributed by atoms with Gasteiger partial charge in [0.15, 0.2) is 5.15 Å². The first-order valence-electron chi connectivity index (χ1n) is 6.19. The van der Waals surface area contributed by atoms with Crippen molar-refractivity contribution in [3.8, 4) is 0 Å². The summed E-state index contributed by atoms with van der Waals surface area (Å²) in [7, 11) is 0. The zero-order valence-corrected chi connectivity index (χ0v) is 15.9. The van der Waals surface area contributed by atoms with Gasteiger partial charge in [-0.3, -0.25) is 10.1 Å². The van der Waals surface area contributed by atoms with Gasteiger partial charge in [-0.2, -0.15) is 0 Å². The fourth-order valence-electron chi connectivity index (χ4n) is 1.97. The Morgan fingerprint density at radius 2 is 1.70 bits per heavy atom. The number of nitrogens with zero attached hydrogens (tertiary/aromatic N) is 3. The van der Waals surface area contributed by atoms with Gasteiger partial charge in [0.1, 0.15) is 5.03 Å². The van der Waals surface area contributed by atoms with Crippen molar-refractivity contribution in [3.05, 3.63) is 60.6 Å². The van der Waals surface area contributed by atoms with Gasteiger partial charge in [-0.1, -0.05) is 47.6 Å². The van der Waals surface area contributed by atoms with Crippen LogP contribution in [0.1, 0.15) is 0 Å². The maximum Gasteiger partial charge on any atom is 0.271 e. The Kier molecular flexibility index (Phi) is 4.86. The topological polar surface area (TPSA) is 68.9 Å². The van der Waals surface area contributed by atoms with Crippen LogP contribution in [-0.4, -0.2) is 15.1 Å². The molecule has 0 amide bonds. The normalized spacial score (nSPS) is 10.9. The molecule has 0 bridgehead atoms. The average Bonchev–Trinajstić information content (AvgIpc) is 2.53. The van der Waals surface area contributed by atoms with Gasteiger partial charge in [0.25, 0.3) is 5.69 Å². The van der Waals surface area contributed by atoms with E-state index in [1.54, 1.807) is 0 Å². The van der Waals surface area contributed by atoms with Crippen molar-refractivity contribution in [1.29, 1.82) is 0 Å². The standard InChI is InChI=1S/C14H6Br2ClN3O2S/c15-10-5-7(20(21)22)6-11(16)12(10)23-14-9-4-2-1-3-8(9)13(17)18-19-14/h1-6H. The lowest BCUT2D eigenvalue weighted by Gasteiger charge is -2.09. The van der Waals surface area contributed by atoms with E-state index in [2.05, 4.69) is 42.1 Å². The monoisotopic (exact) mass is 473 g/mol. The van der Waals surface area contributed by atoms with Crippen molar-refractivity contribution >= 4 is 71.7 Å². The van der Waals surface area contributed by atoms with Crippen molar-refractivity contribution in [2.45, 2.75) is 9.92 Å². The van der Waals surface area contributed by atoms with Crippen LogP contribution in [0.2, 0.25) is 5.15 Å². The van der Waals surface area contributed by atoms with E-state index in [1.807, 2.05) is 24.3 Å². The summed E-state index contributed by atoms with van der Waals surface area (Å²) < 4.78 is 1.20. The van der Waals surface area contributed by atoms with Crippen molar-refractivity contribution in [3.63, 3.8) is 0 Å². The molecule has 0 spiro atoms. The third-order valence-electron chi connectivity index (χ3n) is 3.00. The molecule has 0 fully saturated rings. The molecule has 0 saturated carbocycles. The molecule has 23 heavy (non-hydrogen) atoms. The molecule has 5 nitrogen and oxygen atoms in total. The summed E-state index contributed by atoms with van der Waals surface area (Å²) in [5.74, 6) is 0. The van der Waals surface area contributed by atoms with Gasteiger partial charge in [0, 0.05) is 36.7 Å². The lowest BCUT2D eigenvalue weighted by atomic mass is 10.2. The van der Waals surface area contributed by atoms with E-state index in [0.717, 1.165) is 15.7 Å². The predicted octanol–water partition coefficient (Wildman–Crippen LogP) is 5.87. The van der Waals surface area contributed by atoms with Crippen LogP contribution in [0.5, 0.6) is 0 Å². The summed E-state index contributed by atoms with van der Waals surface area (Å²) in [6.45, 7) is 0. The molecule has 0 atom stereocenters. The van der Waals surface area contributed by atoms with Crippen molar-refractivity contribution < 1.29 is 4.92 Å². The molecule has 0 aliphatic heterocycles. The van der Waals surface area contributed by atoms with Crippen LogP contribution in [0.4, 0.5) is 5.69 Å².